The number of para-hydroxylation sites is 2. The van der Waals surface area contributed by atoms with Gasteiger partial charge in [0.15, 0.2) is 0 Å². The number of thioether (sulfide) groups is 1. The average molecular weight is 503 g/mol. The van der Waals surface area contributed by atoms with Gasteiger partial charge < -0.3 is 19.6 Å². The Kier molecular flexibility index (Phi) is 8.84. The number of benzene rings is 2. The van der Waals surface area contributed by atoms with Crippen molar-refractivity contribution < 1.29 is 18.4 Å². The highest BCUT2D eigenvalue weighted by Crippen LogP contribution is 2.22. The highest BCUT2D eigenvalue weighted by Gasteiger charge is 2.24. The molecule has 2 aromatic rings. The molecule has 6 nitrogen and oxygen atoms in total. The molecule has 188 valence electrons. The number of halogens is 2. The Bertz CT molecular complexity index is 929. The first-order valence-corrected chi connectivity index (χ1v) is 13.3. The van der Waals surface area contributed by atoms with Crippen molar-refractivity contribution in [3.63, 3.8) is 0 Å². The predicted molar refractivity (Wildman–Crippen MR) is 137 cm³/mol. The van der Waals surface area contributed by atoms with Gasteiger partial charge in [0.2, 0.25) is 11.8 Å². The molecule has 0 aromatic heterocycles. The molecule has 2 saturated heterocycles. The molecule has 2 aliphatic rings. The van der Waals surface area contributed by atoms with Crippen molar-refractivity contribution in [1.29, 1.82) is 0 Å². The maximum Gasteiger partial charge on any atom is 0.223 e. The van der Waals surface area contributed by atoms with Crippen LogP contribution in [0.1, 0.15) is 12.8 Å². The first-order chi connectivity index (χ1) is 17.0. The van der Waals surface area contributed by atoms with Gasteiger partial charge in [-0.05, 0) is 24.3 Å². The summed E-state index contributed by atoms with van der Waals surface area (Å²) in [7, 11) is 0. The number of amides is 2. The van der Waals surface area contributed by atoms with Crippen molar-refractivity contribution in [2.45, 2.75) is 12.8 Å². The number of carbonyl (C=O) groups excluding carboxylic acids is 2. The minimum atomic E-state index is -0.231. The van der Waals surface area contributed by atoms with Gasteiger partial charge >= 0.3 is 0 Å². The lowest BCUT2D eigenvalue weighted by molar-refractivity contribution is -0.131. The summed E-state index contributed by atoms with van der Waals surface area (Å²) in [4.78, 5) is 32.7. The third-order valence-corrected chi connectivity index (χ3v) is 7.56. The molecule has 2 amide bonds. The van der Waals surface area contributed by atoms with Crippen LogP contribution in [-0.4, -0.2) is 85.5 Å². The van der Waals surface area contributed by atoms with Crippen LogP contribution in [0.15, 0.2) is 48.5 Å². The molecule has 0 saturated carbocycles. The smallest absolute Gasteiger partial charge is 0.223 e. The van der Waals surface area contributed by atoms with E-state index in [2.05, 4.69) is 0 Å². The van der Waals surface area contributed by atoms with E-state index in [9.17, 15) is 18.4 Å². The number of nitrogens with zero attached hydrogens (tertiary/aromatic N) is 4. The SMILES string of the molecule is O=C(CCSCCC(=O)N1CCN(c2ccccc2F)CC1)N1CCN(c2ccccc2F)CC1. The fourth-order valence-corrected chi connectivity index (χ4v) is 5.39. The molecule has 0 N–H and O–H groups in total. The molecule has 2 fully saturated rings. The van der Waals surface area contributed by atoms with Gasteiger partial charge in [-0.25, -0.2) is 8.78 Å². The van der Waals surface area contributed by atoms with E-state index in [4.69, 9.17) is 0 Å². The maximum atomic E-state index is 14.0. The first kappa shape index (κ1) is 25.3. The summed E-state index contributed by atoms with van der Waals surface area (Å²) in [6.07, 6.45) is 0.889. The lowest BCUT2D eigenvalue weighted by atomic mass is 10.2. The standard InChI is InChI=1S/C26H32F2N4O2S/c27-21-5-1-3-7-23(21)29-11-15-31(16-12-29)25(33)9-19-35-20-10-26(34)32-17-13-30(14-18-32)24-8-4-2-6-22(24)28/h1-8H,9-20H2. The molecule has 0 aliphatic carbocycles. The Morgan fingerprint density at radius 3 is 1.37 bits per heavy atom. The van der Waals surface area contributed by atoms with Crippen molar-refractivity contribution in [2.24, 2.45) is 0 Å². The zero-order valence-electron chi connectivity index (χ0n) is 19.9. The minimum Gasteiger partial charge on any atom is -0.366 e. The van der Waals surface area contributed by atoms with Crippen molar-refractivity contribution >= 4 is 35.0 Å². The summed E-state index contributed by atoms with van der Waals surface area (Å²) < 4.78 is 28.0. The van der Waals surface area contributed by atoms with Crippen molar-refractivity contribution in [3.05, 3.63) is 60.2 Å². The van der Waals surface area contributed by atoms with Crippen LogP contribution in [0.4, 0.5) is 20.2 Å². The second-order valence-corrected chi connectivity index (χ2v) is 9.98. The highest BCUT2D eigenvalue weighted by atomic mass is 32.2. The number of anilines is 2. The molecule has 2 heterocycles. The number of hydrogen-bond donors (Lipinski definition) is 0. The normalized spacial score (nSPS) is 16.5. The van der Waals surface area contributed by atoms with E-state index in [1.54, 1.807) is 36.0 Å². The summed E-state index contributed by atoms with van der Waals surface area (Å²) in [5.74, 6) is 1.12. The summed E-state index contributed by atoms with van der Waals surface area (Å²) in [6.45, 7) is 4.86. The fraction of sp³-hybridized carbons (Fsp3) is 0.462. The van der Waals surface area contributed by atoms with Crippen LogP contribution in [0.5, 0.6) is 0 Å². The summed E-state index contributed by atoms with van der Waals surface area (Å²) in [5, 5.41) is 0. The van der Waals surface area contributed by atoms with E-state index >= 15 is 0 Å². The Hall–Kier alpha value is -2.81. The van der Waals surface area contributed by atoms with Gasteiger partial charge in [0, 0.05) is 76.7 Å². The Labute approximate surface area is 209 Å². The molecule has 4 rings (SSSR count). The van der Waals surface area contributed by atoms with E-state index in [1.807, 2.05) is 31.7 Å². The van der Waals surface area contributed by atoms with Gasteiger partial charge in [0.05, 0.1) is 11.4 Å². The molecule has 0 radical (unpaired) electrons. The number of piperazine rings is 2. The molecule has 2 aliphatic heterocycles. The van der Waals surface area contributed by atoms with Crippen molar-refractivity contribution in [1.82, 2.24) is 9.80 Å². The third-order valence-electron chi connectivity index (χ3n) is 6.57. The van der Waals surface area contributed by atoms with Gasteiger partial charge in [0.1, 0.15) is 11.6 Å². The fourth-order valence-electron chi connectivity index (χ4n) is 4.55. The average Bonchev–Trinajstić information content (AvgIpc) is 2.89. The summed E-state index contributed by atoms with van der Waals surface area (Å²) in [5.41, 5.74) is 1.18. The molecular weight excluding hydrogens is 470 g/mol. The van der Waals surface area contributed by atoms with E-state index in [0.717, 1.165) is 0 Å². The summed E-state index contributed by atoms with van der Waals surface area (Å²) in [6, 6.07) is 13.5. The topological polar surface area (TPSA) is 47.1 Å². The van der Waals surface area contributed by atoms with E-state index in [0.29, 0.717) is 88.1 Å². The molecule has 0 spiro atoms. The van der Waals surface area contributed by atoms with Crippen LogP contribution < -0.4 is 9.80 Å². The van der Waals surface area contributed by atoms with E-state index in [-0.39, 0.29) is 23.4 Å². The van der Waals surface area contributed by atoms with Crippen LogP contribution in [-0.2, 0) is 9.59 Å². The van der Waals surface area contributed by atoms with Gasteiger partial charge in [-0.15, -0.1) is 0 Å². The largest absolute Gasteiger partial charge is 0.366 e. The molecule has 0 unspecified atom stereocenters. The quantitative estimate of drug-likeness (QED) is 0.518. The van der Waals surface area contributed by atoms with Crippen molar-refractivity contribution in [2.75, 3.05) is 73.7 Å². The Morgan fingerprint density at radius 1 is 0.629 bits per heavy atom. The molecule has 9 heteroatoms. The van der Waals surface area contributed by atoms with Gasteiger partial charge in [-0.1, -0.05) is 24.3 Å². The van der Waals surface area contributed by atoms with Crippen LogP contribution >= 0.6 is 11.8 Å². The number of carbonyl (C=O) groups is 2. The highest BCUT2D eigenvalue weighted by molar-refractivity contribution is 7.99. The number of rotatable bonds is 8. The second kappa shape index (κ2) is 12.2. The zero-order valence-corrected chi connectivity index (χ0v) is 20.7. The van der Waals surface area contributed by atoms with Crippen LogP contribution in [0, 0.1) is 11.6 Å². The molecule has 35 heavy (non-hydrogen) atoms. The van der Waals surface area contributed by atoms with Crippen molar-refractivity contribution in [3.8, 4) is 0 Å². The number of hydrogen-bond acceptors (Lipinski definition) is 5. The zero-order chi connectivity index (χ0) is 24.6. The Balaban J connectivity index is 1.09. The lowest BCUT2D eigenvalue weighted by Gasteiger charge is -2.36. The second-order valence-electron chi connectivity index (χ2n) is 8.75. The van der Waals surface area contributed by atoms with Gasteiger partial charge in [-0.2, -0.15) is 11.8 Å². The van der Waals surface area contributed by atoms with E-state index in [1.165, 1.54) is 12.1 Å². The monoisotopic (exact) mass is 502 g/mol. The van der Waals surface area contributed by atoms with Crippen LogP contribution in [0.25, 0.3) is 0 Å². The molecule has 0 bridgehead atoms. The lowest BCUT2D eigenvalue weighted by Crippen LogP contribution is -2.49. The molecule has 2 aromatic carbocycles. The van der Waals surface area contributed by atoms with E-state index < -0.39 is 0 Å². The van der Waals surface area contributed by atoms with Gasteiger partial charge in [0.25, 0.3) is 0 Å². The van der Waals surface area contributed by atoms with Crippen LogP contribution in [0.2, 0.25) is 0 Å². The third kappa shape index (κ3) is 6.66. The summed E-state index contributed by atoms with van der Waals surface area (Å²) >= 11 is 1.62. The molecular formula is C26H32F2N4O2S. The maximum absolute atomic E-state index is 14.0. The first-order valence-electron chi connectivity index (χ1n) is 12.1. The van der Waals surface area contributed by atoms with Gasteiger partial charge in [-0.3, -0.25) is 9.59 Å². The minimum absolute atomic E-state index is 0.112. The molecule has 0 atom stereocenters. The predicted octanol–water partition coefficient (Wildman–Crippen LogP) is 3.48. The Morgan fingerprint density at radius 2 is 1.00 bits per heavy atom. The van der Waals surface area contributed by atoms with Crippen LogP contribution in [0.3, 0.4) is 0 Å².